The van der Waals surface area contributed by atoms with Crippen molar-refractivity contribution < 1.29 is 8.42 Å². The van der Waals surface area contributed by atoms with Crippen molar-refractivity contribution in [3.8, 4) is 6.07 Å². The Morgan fingerprint density at radius 2 is 2.05 bits per heavy atom. The van der Waals surface area contributed by atoms with Gasteiger partial charge in [0.2, 0.25) is 0 Å². The number of sulfone groups is 1. The lowest BCUT2D eigenvalue weighted by molar-refractivity contribution is 0.497. The van der Waals surface area contributed by atoms with Gasteiger partial charge in [-0.1, -0.05) is 18.9 Å². The highest BCUT2D eigenvalue weighted by Gasteiger charge is 2.16. The highest BCUT2D eigenvalue weighted by Crippen LogP contribution is 2.23. The van der Waals surface area contributed by atoms with E-state index in [2.05, 4.69) is 5.32 Å². The van der Waals surface area contributed by atoms with E-state index < -0.39 is 9.84 Å². The lowest BCUT2D eigenvalue weighted by Crippen LogP contribution is -2.27. The summed E-state index contributed by atoms with van der Waals surface area (Å²) in [6, 6.07) is 8.17. The Labute approximate surface area is 120 Å². The molecular formula is C15H20N2O2S. The monoisotopic (exact) mass is 292 g/mol. The number of nitriles is 1. The van der Waals surface area contributed by atoms with E-state index in [1.54, 1.807) is 18.2 Å². The summed E-state index contributed by atoms with van der Waals surface area (Å²) in [7, 11) is -3.30. The maximum atomic E-state index is 12.1. The van der Waals surface area contributed by atoms with Crippen molar-refractivity contribution in [2.75, 3.05) is 18.8 Å². The van der Waals surface area contributed by atoms with Gasteiger partial charge in [-0.05, 0) is 43.5 Å². The fraction of sp³-hybridized carbons (Fsp3) is 0.533. The van der Waals surface area contributed by atoms with Gasteiger partial charge in [-0.25, -0.2) is 8.42 Å². The molecule has 0 aromatic heterocycles. The van der Waals surface area contributed by atoms with Crippen molar-refractivity contribution in [1.82, 2.24) is 5.32 Å². The van der Waals surface area contributed by atoms with Crippen LogP contribution < -0.4 is 5.32 Å². The average molecular weight is 292 g/mol. The van der Waals surface area contributed by atoms with Crippen LogP contribution in [0.15, 0.2) is 29.2 Å². The van der Waals surface area contributed by atoms with Crippen molar-refractivity contribution in [2.45, 2.75) is 30.6 Å². The molecule has 1 aliphatic rings. The molecule has 1 N–H and O–H groups in total. The SMILES string of the molecule is N#Cc1cccc(S(=O)(=O)CCNCC2CCCC2)c1. The van der Waals surface area contributed by atoms with Gasteiger partial charge in [0, 0.05) is 6.54 Å². The zero-order valence-corrected chi connectivity index (χ0v) is 12.3. The largest absolute Gasteiger partial charge is 0.315 e. The van der Waals surface area contributed by atoms with Gasteiger partial charge in [0.1, 0.15) is 0 Å². The van der Waals surface area contributed by atoms with Gasteiger partial charge < -0.3 is 5.32 Å². The predicted octanol–water partition coefficient (Wildman–Crippen LogP) is 2.11. The number of hydrogen-bond donors (Lipinski definition) is 1. The van der Waals surface area contributed by atoms with E-state index in [1.807, 2.05) is 6.07 Å². The fourth-order valence-electron chi connectivity index (χ4n) is 2.60. The molecule has 0 unspecified atom stereocenters. The molecule has 0 radical (unpaired) electrons. The molecule has 1 aliphatic carbocycles. The van der Waals surface area contributed by atoms with Crippen molar-refractivity contribution in [1.29, 1.82) is 5.26 Å². The highest BCUT2D eigenvalue weighted by molar-refractivity contribution is 7.91. The van der Waals surface area contributed by atoms with Gasteiger partial charge in [-0.15, -0.1) is 0 Å². The molecule has 1 aromatic carbocycles. The first-order valence-electron chi connectivity index (χ1n) is 7.05. The maximum Gasteiger partial charge on any atom is 0.179 e. The van der Waals surface area contributed by atoms with E-state index >= 15 is 0 Å². The molecule has 4 nitrogen and oxygen atoms in total. The first-order valence-corrected chi connectivity index (χ1v) is 8.71. The van der Waals surface area contributed by atoms with Crippen molar-refractivity contribution in [2.24, 2.45) is 5.92 Å². The Kier molecular flexibility index (Phi) is 5.16. The van der Waals surface area contributed by atoms with Gasteiger partial charge in [0.05, 0.1) is 22.3 Å². The van der Waals surface area contributed by atoms with E-state index in [9.17, 15) is 8.42 Å². The van der Waals surface area contributed by atoms with Gasteiger partial charge in [0.15, 0.2) is 9.84 Å². The second kappa shape index (κ2) is 6.87. The molecule has 0 saturated heterocycles. The Morgan fingerprint density at radius 3 is 2.75 bits per heavy atom. The molecule has 1 aromatic rings. The van der Waals surface area contributed by atoms with Crippen molar-refractivity contribution in [3.63, 3.8) is 0 Å². The molecular weight excluding hydrogens is 272 g/mol. The summed E-state index contributed by atoms with van der Waals surface area (Å²) in [5.74, 6) is 0.786. The maximum absolute atomic E-state index is 12.1. The molecule has 0 bridgehead atoms. The van der Waals surface area contributed by atoms with Crippen molar-refractivity contribution in [3.05, 3.63) is 29.8 Å². The van der Waals surface area contributed by atoms with Crippen LogP contribution in [0.5, 0.6) is 0 Å². The average Bonchev–Trinajstić information content (AvgIpc) is 2.97. The third-order valence-corrected chi connectivity index (χ3v) is 5.49. The second-order valence-corrected chi connectivity index (χ2v) is 7.42. The van der Waals surface area contributed by atoms with Crippen LogP contribution in [-0.4, -0.2) is 27.3 Å². The van der Waals surface area contributed by atoms with E-state index in [4.69, 9.17) is 5.26 Å². The lowest BCUT2D eigenvalue weighted by atomic mass is 10.1. The molecule has 5 heteroatoms. The number of rotatable bonds is 6. The standard InChI is InChI=1S/C15H20N2O2S/c16-11-14-6-3-7-15(10-14)20(18,19)9-8-17-12-13-4-1-2-5-13/h3,6-7,10,13,17H,1-2,4-5,8-9,12H2. The van der Waals surface area contributed by atoms with Crippen LogP contribution in [0, 0.1) is 17.2 Å². The Hall–Kier alpha value is -1.38. The van der Waals surface area contributed by atoms with E-state index in [-0.39, 0.29) is 10.6 Å². The number of nitrogens with one attached hydrogen (secondary N) is 1. The minimum Gasteiger partial charge on any atom is -0.315 e. The van der Waals surface area contributed by atoms with Crippen LogP contribution in [0.1, 0.15) is 31.2 Å². The molecule has 2 rings (SSSR count). The van der Waals surface area contributed by atoms with Gasteiger partial charge >= 0.3 is 0 Å². The summed E-state index contributed by atoms with van der Waals surface area (Å²) in [6.45, 7) is 1.38. The first kappa shape index (κ1) is 15.0. The molecule has 20 heavy (non-hydrogen) atoms. The van der Waals surface area contributed by atoms with Crippen LogP contribution in [0.2, 0.25) is 0 Å². The number of nitrogens with zero attached hydrogens (tertiary/aromatic N) is 1. The lowest BCUT2D eigenvalue weighted by Gasteiger charge is -2.10. The van der Waals surface area contributed by atoms with Crippen LogP contribution in [-0.2, 0) is 9.84 Å². The molecule has 0 heterocycles. The van der Waals surface area contributed by atoms with Crippen LogP contribution >= 0.6 is 0 Å². The Morgan fingerprint density at radius 1 is 1.30 bits per heavy atom. The predicted molar refractivity (Wildman–Crippen MR) is 78.0 cm³/mol. The van der Waals surface area contributed by atoms with E-state index in [0.29, 0.717) is 18.0 Å². The molecule has 0 atom stereocenters. The minimum atomic E-state index is -3.30. The zero-order valence-electron chi connectivity index (χ0n) is 11.5. The van der Waals surface area contributed by atoms with Gasteiger partial charge in [0.25, 0.3) is 0 Å². The zero-order chi connectivity index (χ0) is 14.4. The molecule has 0 amide bonds. The third kappa shape index (κ3) is 4.06. The van der Waals surface area contributed by atoms with E-state index in [0.717, 1.165) is 6.54 Å². The topological polar surface area (TPSA) is 70.0 Å². The summed E-state index contributed by atoms with van der Waals surface area (Å²) in [5, 5.41) is 12.0. The Balaban J connectivity index is 1.85. The number of hydrogen-bond acceptors (Lipinski definition) is 4. The minimum absolute atomic E-state index is 0.0780. The summed E-state index contributed by atoms with van der Waals surface area (Å²) in [5.41, 5.74) is 0.380. The quantitative estimate of drug-likeness (QED) is 0.815. The number of benzene rings is 1. The van der Waals surface area contributed by atoms with Crippen LogP contribution in [0.25, 0.3) is 0 Å². The second-order valence-electron chi connectivity index (χ2n) is 5.31. The molecule has 1 fully saturated rings. The van der Waals surface area contributed by atoms with Gasteiger partial charge in [-0.3, -0.25) is 0 Å². The smallest absolute Gasteiger partial charge is 0.179 e. The Bertz CT molecular complexity index is 584. The highest BCUT2D eigenvalue weighted by atomic mass is 32.2. The van der Waals surface area contributed by atoms with Crippen molar-refractivity contribution >= 4 is 9.84 Å². The summed E-state index contributed by atoms with van der Waals surface area (Å²) < 4.78 is 24.3. The summed E-state index contributed by atoms with van der Waals surface area (Å²) in [6.07, 6.45) is 5.10. The molecule has 108 valence electrons. The van der Waals surface area contributed by atoms with Crippen LogP contribution in [0.3, 0.4) is 0 Å². The first-order chi connectivity index (χ1) is 9.62. The summed E-state index contributed by atoms with van der Waals surface area (Å²) in [4.78, 5) is 0.235. The summed E-state index contributed by atoms with van der Waals surface area (Å²) >= 11 is 0. The molecule has 0 aliphatic heterocycles. The third-order valence-electron chi connectivity index (χ3n) is 3.78. The van der Waals surface area contributed by atoms with E-state index in [1.165, 1.54) is 31.7 Å². The van der Waals surface area contributed by atoms with Crippen LogP contribution in [0.4, 0.5) is 0 Å². The molecule has 1 saturated carbocycles. The normalized spacial score (nSPS) is 16.1. The van der Waals surface area contributed by atoms with Gasteiger partial charge in [-0.2, -0.15) is 5.26 Å². The fourth-order valence-corrected chi connectivity index (χ4v) is 3.85. The molecule has 0 spiro atoms.